The lowest BCUT2D eigenvalue weighted by atomic mass is 10.3. The Bertz CT molecular complexity index is 197. The minimum Gasteiger partial charge on any atom is -0.393 e. The fourth-order valence-electron chi connectivity index (χ4n) is 0.453. The van der Waals surface area contributed by atoms with Crippen molar-refractivity contribution in [3.05, 3.63) is 0 Å². The topological polar surface area (TPSA) is 127 Å². The van der Waals surface area contributed by atoms with Crippen molar-refractivity contribution in [1.29, 1.82) is 0 Å². The highest BCUT2D eigenvalue weighted by Gasteiger charge is 2.31. The number of phosphoric ester groups is 1. The molecule has 0 unspecified atom stereocenters. The molecule has 0 rings (SSSR count). The van der Waals surface area contributed by atoms with Crippen LogP contribution in [0.2, 0.25) is 0 Å². The Kier molecular flexibility index (Phi) is 4.47. The van der Waals surface area contributed by atoms with Crippen LogP contribution in [0.5, 0.6) is 0 Å². The Balaban J connectivity index is 4.02. The van der Waals surface area contributed by atoms with Gasteiger partial charge in [-0.05, 0) is 6.92 Å². The van der Waals surface area contributed by atoms with Gasteiger partial charge in [-0.25, -0.2) is 4.57 Å². The smallest absolute Gasteiger partial charge is 0.393 e. The largest absolute Gasteiger partial charge is 0.469 e. The van der Waals surface area contributed by atoms with Crippen LogP contribution >= 0.6 is 7.82 Å². The monoisotopic (exact) mass is 219 g/mol. The molecule has 0 radical (unpaired) electrons. The van der Waals surface area contributed by atoms with Crippen molar-refractivity contribution < 1.29 is 34.2 Å². The van der Waals surface area contributed by atoms with Crippen molar-refractivity contribution in [2.45, 2.75) is 18.6 Å². The van der Waals surface area contributed by atoms with Crippen molar-refractivity contribution in [3.63, 3.8) is 0 Å². The molecule has 80 valence electrons. The van der Waals surface area contributed by atoms with E-state index >= 15 is 0 Å². The average molecular weight is 219 g/mol. The van der Waals surface area contributed by atoms with Crippen LogP contribution in [0.4, 0.5) is 0 Å². The first-order valence-electron chi connectivity index (χ1n) is 3.40. The molecule has 0 saturated carbocycles. The second-order valence-electron chi connectivity index (χ2n) is 2.82. The SMILES string of the molecule is C[C@](O)([13CH2]O)[13C@@H](O)[13CH2]OP(=O)(O)O. The summed E-state index contributed by atoms with van der Waals surface area (Å²) in [6, 6.07) is 0. The van der Waals surface area contributed by atoms with E-state index in [9.17, 15) is 4.57 Å². The molecule has 0 bridgehead atoms. The summed E-state index contributed by atoms with van der Waals surface area (Å²) in [5, 5.41) is 26.8. The molecule has 5 N–H and O–H groups in total. The zero-order valence-electron chi connectivity index (χ0n) is 6.99. The van der Waals surface area contributed by atoms with E-state index in [1.165, 1.54) is 0 Å². The van der Waals surface area contributed by atoms with Crippen LogP contribution in [-0.2, 0) is 9.09 Å². The predicted octanol–water partition coefficient (Wildman–Crippen LogP) is -1.80. The Morgan fingerprint density at radius 2 is 2.00 bits per heavy atom. The Labute approximate surface area is 74.8 Å². The Morgan fingerprint density at radius 3 is 2.31 bits per heavy atom. The third kappa shape index (κ3) is 5.33. The highest BCUT2D eigenvalue weighted by atomic mass is 31.2. The Hall–Kier alpha value is -0.0100. The van der Waals surface area contributed by atoms with Gasteiger partial charge in [0.25, 0.3) is 0 Å². The summed E-state index contributed by atoms with van der Waals surface area (Å²) < 4.78 is 14.1. The van der Waals surface area contributed by atoms with Crippen LogP contribution < -0.4 is 0 Å². The molecule has 0 aliphatic heterocycles. The van der Waals surface area contributed by atoms with E-state index in [0.29, 0.717) is 0 Å². The van der Waals surface area contributed by atoms with Crippen molar-refractivity contribution in [3.8, 4) is 0 Å². The first-order chi connectivity index (χ1) is 5.69. The van der Waals surface area contributed by atoms with Gasteiger partial charge in [0.1, 0.15) is 11.7 Å². The average Bonchev–Trinajstić information content (AvgIpc) is 1.98. The quantitative estimate of drug-likeness (QED) is 0.272. The standard InChI is InChI=1S/C5H13O7P/c1-5(8,3-6)4(7)2-12-13(9,10)11/h4,6-8H,2-3H2,1H3,(H2,9,10,11)/t4-,5-/m0/s1/i2+1,3+1,4+1. The molecule has 0 aliphatic rings. The molecule has 0 heterocycles. The third-order valence-electron chi connectivity index (χ3n) is 1.44. The van der Waals surface area contributed by atoms with Gasteiger partial charge in [0, 0.05) is 0 Å². The second kappa shape index (κ2) is 4.47. The second-order valence-corrected chi connectivity index (χ2v) is 4.06. The van der Waals surface area contributed by atoms with Gasteiger partial charge in [-0.15, -0.1) is 0 Å². The van der Waals surface area contributed by atoms with Gasteiger partial charge in [-0.1, -0.05) is 0 Å². The zero-order valence-corrected chi connectivity index (χ0v) is 7.89. The fraction of sp³-hybridized carbons (Fsp3) is 1.00. The van der Waals surface area contributed by atoms with Crippen molar-refractivity contribution >= 4 is 7.82 Å². The number of rotatable bonds is 5. The number of hydrogen-bond acceptors (Lipinski definition) is 5. The number of aliphatic hydroxyl groups excluding tert-OH is 2. The molecule has 0 fully saturated rings. The van der Waals surface area contributed by atoms with Crippen LogP contribution in [-0.4, -0.2) is 50.0 Å². The van der Waals surface area contributed by atoms with E-state index < -0.39 is 32.7 Å². The minimum atomic E-state index is -4.65. The van der Waals surface area contributed by atoms with E-state index in [4.69, 9.17) is 25.1 Å². The summed E-state index contributed by atoms with van der Waals surface area (Å²) >= 11 is 0. The first-order valence-corrected chi connectivity index (χ1v) is 4.93. The molecule has 0 amide bonds. The van der Waals surface area contributed by atoms with Crippen molar-refractivity contribution in [2.24, 2.45) is 0 Å². The molecule has 7 nitrogen and oxygen atoms in total. The van der Waals surface area contributed by atoms with Crippen LogP contribution in [0, 0.1) is 0 Å². The summed E-state index contributed by atoms with van der Waals surface area (Å²) in [7, 11) is -4.65. The molecule has 0 saturated heterocycles. The highest BCUT2D eigenvalue weighted by molar-refractivity contribution is 7.46. The van der Waals surface area contributed by atoms with Gasteiger partial charge >= 0.3 is 7.82 Å². The maximum Gasteiger partial charge on any atom is 0.469 e. The lowest BCUT2D eigenvalue weighted by Gasteiger charge is -2.26. The van der Waals surface area contributed by atoms with Gasteiger partial charge in [0.05, 0.1) is 13.2 Å². The van der Waals surface area contributed by atoms with Gasteiger partial charge in [0.15, 0.2) is 0 Å². The maximum absolute atomic E-state index is 10.2. The third-order valence-corrected chi connectivity index (χ3v) is 1.92. The van der Waals surface area contributed by atoms with Gasteiger partial charge < -0.3 is 25.1 Å². The summed E-state index contributed by atoms with van der Waals surface area (Å²) in [4.78, 5) is 16.5. The van der Waals surface area contributed by atoms with Crippen molar-refractivity contribution in [2.75, 3.05) is 13.2 Å². The molecule has 0 aromatic rings. The van der Waals surface area contributed by atoms with Crippen LogP contribution in [0.15, 0.2) is 0 Å². The minimum absolute atomic E-state index is 0.737. The van der Waals surface area contributed by atoms with Gasteiger partial charge in [0.2, 0.25) is 0 Å². The van der Waals surface area contributed by atoms with Crippen LogP contribution in [0.25, 0.3) is 0 Å². The van der Waals surface area contributed by atoms with Crippen molar-refractivity contribution in [1.82, 2.24) is 0 Å². The fourth-order valence-corrected chi connectivity index (χ4v) is 0.788. The van der Waals surface area contributed by atoms with E-state index in [-0.39, 0.29) is 0 Å². The van der Waals surface area contributed by atoms with E-state index in [2.05, 4.69) is 4.52 Å². The zero-order chi connectivity index (χ0) is 10.7. The predicted molar refractivity (Wildman–Crippen MR) is 41.7 cm³/mol. The molecule has 0 aromatic heterocycles. The molecule has 0 aliphatic carbocycles. The highest BCUT2D eigenvalue weighted by Crippen LogP contribution is 2.36. The van der Waals surface area contributed by atoms with Gasteiger partial charge in [-0.2, -0.15) is 0 Å². The van der Waals surface area contributed by atoms with E-state index in [1.54, 1.807) is 0 Å². The van der Waals surface area contributed by atoms with E-state index in [0.717, 1.165) is 6.92 Å². The normalized spacial score (nSPS) is 19.5. The molecule has 8 heteroatoms. The molecule has 13 heavy (non-hydrogen) atoms. The number of aliphatic hydroxyl groups is 3. The molecular formula is C5H13O7P. The Morgan fingerprint density at radius 1 is 1.54 bits per heavy atom. The van der Waals surface area contributed by atoms with Gasteiger partial charge in [-0.3, -0.25) is 4.52 Å². The molecular weight excluding hydrogens is 206 g/mol. The number of hydrogen-bond donors (Lipinski definition) is 5. The molecule has 2 atom stereocenters. The summed E-state index contributed by atoms with van der Waals surface area (Å²) in [5.74, 6) is 0. The van der Waals surface area contributed by atoms with E-state index in [1.807, 2.05) is 0 Å². The lowest BCUT2D eigenvalue weighted by molar-refractivity contribution is -0.107. The summed E-state index contributed by atoms with van der Waals surface area (Å²) in [6.07, 6.45) is -1.56. The maximum atomic E-state index is 10.2. The summed E-state index contributed by atoms with van der Waals surface area (Å²) in [5.41, 5.74) is -1.84. The summed E-state index contributed by atoms with van der Waals surface area (Å²) in [6.45, 7) is -0.378. The molecule has 0 spiro atoms. The van der Waals surface area contributed by atoms with Crippen LogP contribution in [0.1, 0.15) is 6.92 Å². The lowest BCUT2D eigenvalue weighted by Crippen LogP contribution is -2.45. The first kappa shape index (κ1) is 13.0. The number of phosphoric acid groups is 1. The molecule has 0 aromatic carbocycles. The van der Waals surface area contributed by atoms with Crippen LogP contribution in [0.3, 0.4) is 0 Å².